The van der Waals surface area contributed by atoms with E-state index in [0.29, 0.717) is 31.0 Å². The fourth-order valence-corrected chi connectivity index (χ4v) is 7.97. The van der Waals surface area contributed by atoms with E-state index in [2.05, 4.69) is 114 Å². The van der Waals surface area contributed by atoms with Crippen LogP contribution in [0.2, 0.25) is 18.1 Å². The summed E-state index contributed by atoms with van der Waals surface area (Å²) in [6.45, 7) is 22.8. The summed E-state index contributed by atoms with van der Waals surface area (Å²) in [6.07, 6.45) is 2.20. The molecular weight excluding hydrogens is 677 g/mol. The summed E-state index contributed by atoms with van der Waals surface area (Å²) >= 11 is 0. The summed E-state index contributed by atoms with van der Waals surface area (Å²) in [5.41, 5.74) is 5.29. The molecule has 0 radical (unpaired) electrons. The lowest BCUT2D eigenvalue weighted by Gasteiger charge is -2.39. The predicted octanol–water partition coefficient (Wildman–Crippen LogP) is 9.96. The number of phenolic OH excluding ortho intramolecular Hbond substituents is 3. The van der Waals surface area contributed by atoms with E-state index in [1.54, 1.807) is 12.1 Å². The van der Waals surface area contributed by atoms with Crippen molar-refractivity contribution in [2.75, 3.05) is 26.2 Å². The van der Waals surface area contributed by atoms with Gasteiger partial charge < -0.3 is 29.8 Å². The molecular formula is C45H64N2O5Si. The Bertz CT molecular complexity index is 1670. The first-order chi connectivity index (χ1) is 25.0. The maximum Gasteiger partial charge on any atom is 0.192 e. The van der Waals surface area contributed by atoms with Gasteiger partial charge >= 0.3 is 0 Å². The molecule has 0 aliphatic carbocycles. The van der Waals surface area contributed by atoms with Crippen LogP contribution in [-0.2, 0) is 17.3 Å². The van der Waals surface area contributed by atoms with Crippen LogP contribution in [0, 0.1) is 0 Å². The molecule has 4 rings (SSSR count). The van der Waals surface area contributed by atoms with Crippen molar-refractivity contribution in [1.82, 2.24) is 10.2 Å². The molecule has 8 heteroatoms. The third kappa shape index (κ3) is 12.4. The molecule has 2 unspecified atom stereocenters. The monoisotopic (exact) mass is 740 g/mol. The molecule has 0 aliphatic rings. The number of nitrogens with zero attached hydrogens (tertiary/aromatic N) is 1. The summed E-state index contributed by atoms with van der Waals surface area (Å²) in [7, 11) is -2.12. The second-order valence-corrected chi connectivity index (χ2v) is 21.2. The van der Waals surface area contributed by atoms with Crippen molar-refractivity contribution < 1.29 is 24.5 Å². The standard InChI is InChI=1S/C45H64N2O5Si/c1-32(2)47(33(3)4)25-22-41(36-13-11-10-12-14-36)42-27-35(17-20-43(42)50)23-26-51-40-18-15-34(16-19-40)21-24-46-31-44(52-53(8,9)45(5,6)7)37-28-38(48)30-39(49)29-37/h10-20,27-30,32-33,41,44,46,48-50H,21-26,31H2,1-9H3. The van der Waals surface area contributed by atoms with E-state index in [-0.39, 0.29) is 28.6 Å². The molecule has 0 heterocycles. The number of benzene rings is 4. The van der Waals surface area contributed by atoms with Crippen LogP contribution in [0.4, 0.5) is 0 Å². The minimum absolute atomic E-state index is 0.0232. The lowest BCUT2D eigenvalue weighted by atomic mass is 9.86. The molecule has 0 aromatic heterocycles. The SMILES string of the molecule is CC(C)N(CCC(c1ccccc1)c1cc(CCOc2ccc(CCNCC(O[Si](C)(C)C(C)(C)C)c3cc(O)cc(O)c3)cc2)ccc1O)C(C)C. The van der Waals surface area contributed by atoms with Crippen molar-refractivity contribution >= 4 is 8.32 Å². The normalized spacial score (nSPS) is 13.5. The molecule has 0 aliphatic heterocycles. The van der Waals surface area contributed by atoms with Crippen LogP contribution in [-0.4, -0.2) is 66.9 Å². The lowest BCUT2D eigenvalue weighted by Crippen LogP contribution is -2.43. The van der Waals surface area contributed by atoms with Crippen molar-refractivity contribution in [1.29, 1.82) is 0 Å². The van der Waals surface area contributed by atoms with Gasteiger partial charge in [0.1, 0.15) is 23.0 Å². The zero-order valence-electron chi connectivity index (χ0n) is 33.5. The average Bonchev–Trinajstić information content (AvgIpc) is 3.08. The van der Waals surface area contributed by atoms with E-state index in [9.17, 15) is 15.3 Å². The summed E-state index contributed by atoms with van der Waals surface area (Å²) in [6, 6.07) is 30.4. The summed E-state index contributed by atoms with van der Waals surface area (Å²) in [4.78, 5) is 2.51. The largest absolute Gasteiger partial charge is 0.508 e. The number of phenols is 3. The van der Waals surface area contributed by atoms with E-state index in [1.165, 1.54) is 17.2 Å². The molecule has 53 heavy (non-hydrogen) atoms. The smallest absolute Gasteiger partial charge is 0.192 e. The number of nitrogens with one attached hydrogen (secondary N) is 1. The molecule has 0 bridgehead atoms. The maximum atomic E-state index is 11.1. The Morgan fingerprint density at radius 1 is 0.736 bits per heavy atom. The Morgan fingerprint density at radius 3 is 1.96 bits per heavy atom. The summed E-state index contributed by atoms with van der Waals surface area (Å²) < 4.78 is 12.9. The highest BCUT2D eigenvalue weighted by molar-refractivity contribution is 6.74. The first kappa shape index (κ1) is 41.9. The summed E-state index contributed by atoms with van der Waals surface area (Å²) in [5.74, 6) is 1.32. The Labute approximate surface area is 320 Å². The third-order valence-electron chi connectivity index (χ3n) is 10.7. The molecule has 2 atom stereocenters. The molecule has 288 valence electrons. The molecule has 4 aromatic carbocycles. The Hall–Kier alpha value is -3.82. The van der Waals surface area contributed by atoms with Crippen LogP contribution in [0.5, 0.6) is 23.0 Å². The van der Waals surface area contributed by atoms with Crippen molar-refractivity contribution in [3.63, 3.8) is 0 Å². The van der Waals surface area contributed by atoms with Crippen LogP contribution >= 0.6 is 0 Å². The van der Waals surface area contributed by atoms with Crippen molar-refractivity contribution in [2.24, 2.45) is 0 Å². The average molecular weight is 741 g/mol. The van der Waals surface area contributed by atoms with Crippen LogP contribution in [0.1, 0.15) is 94.7 Å². The Kier molecular flexibility index (Phi) is 15.0. The number of hydrogen-bond donors (Lipinski definition) is 4. The number of aromatic hydroxyl groups is 3. The first-order valence-corrected chi connectivity index (χ1v) is 22.2. The molecule has 0 spiro atoms. The van der Waals surface area contributed by atoms with E-state index in [4.69, 9.17) is 9.16 Å². The number of rotatable bonds is 19. The van der Waals surface area contributed by atoms with E-state index in [1.807, 2.05) is 30.3 Å². The molecule has 4 aromatic rings. The van der Waals surface area contributed by atoms with Gasteiger partial charge in [-0.25, -0.2) is 0 Å². The highest BCUT2D eigenvalue weighted by Crippen LogP contribution is 2.40. The molecule has 0 saturated carbocycles. The topological polar surface area (TPSA) is 94.4 Å². The van der Waals surface area contributed by atoms with Crippen LogP contribution in [0.3, 0.4) is 0 Å². The van der Waals surface area contributed by atoms with Crippen LogP contribution < -0.4 is 10.1 Å². The third-order valence-corrected chi connectivity index (χ3v) is 15.2. The quantitative estimate of drug-likeness (QED) is 0.0562. The lowest BCUT2D eigenvalue weighted by molar-refractivity contribution is 0.170. The van der Waals surface area contributed by atoms with E-state index < -0.39 is 8.32 Å². The molecule has 0 saturated heterocycles. The minimum atomic E-state index is -2.12. The minimum Gasteiger partial charge on any atom is -0.508 e. The number of ether oxygens (including phenoxy) is 1. The van der Waals surface area contributed by atoms with Gasteiger partial charge in [0.25, 0.3) is 0 Å². The maximum absolute atomic E-state index is 11.1. The highest BCUT2D eigenvalue weighted by atomic mass is 28.4. The second kappa shape index (κ2) is 19.0. The predicted molar refractivity (Wildman–Crippen MR) is 221 cm³/mol. The van der Waals surface area contributed by atoms with Gasteiger partial charge in [-0.1, -0.05) is 75.4 Å². The molecule has 0 fully saturated rings. The fourth-order valence-electron chi connectivity index (χ4n) is 6.69. The van der Waals surface area contributed by atoms with Gasteiger partial charge in [0.2, 0.25) is 0 Å². The molecule has 7 nitrogen and oxygen atoms in total. The first-order valence-electron chi connectivity index (χ1n) is 19.3. The van der Waals surface area contributed by atoms with Gasteiger partial charge in [-0.15, -0.1) is 0 Å². The van der Waals surface area contributed by atoms with Gasteiger partial charge in [0, 0.05) is 42.6 Å². The van der Waals surface area contributed by atoms with Crippen molar-refractivity contribution in [3.05, 3.63) is 119 Å². The van der Waals surface area contributed by atoms with Crippen molar-refractivity contribution in [3.8, 4) is 23.0 Å². The van der Waals surface area contributed by atoms with Gasteiger partial charge in [-0.05, 0) is 124 Å². The molecule has 0 amide bonds. The highest BCUT2D eigenvalue weighted by Gasteiger charge is 2.39. The van der Waals surface area contributed by atoms with E-state index >= 15 is 0 Å². The molecule has 4 N–H and O–H groups in total. The van der Waals surface area contributed by atoms with Gasteiger partial charge in [0.05, 0.1) is 12.7 Å². The Morgan fingerprint density at radius 2 is 1.36 bits per heavy atom. The van der Waals surface area contributed by atoms with Gasteiger partial charge in [0.15, 0.2) is 8.32 Å². The van der Waals surface area contributed by atoms with Gasteiger partial charge in [-0.2, -0.15) is 0 Å². The number of hydrogen-bond acceptors (Lipinski definition) is 7. The van der Waals surface area contributed by atoms with E-state index in [0.717, 1.165) is 54.8 Å². The fraction of sp³-hybridized carbons (Fsp3) is 0.467. The van der Waals surface area contributed by atoms with Crippen LogP contribution in [0.25, 0.3) is 0 Å². The zero-order valence-corrected chi connectivity index (χ0v) is 34.5. The zero-order chi connectivity index (χ0) is 38.8. The Balaban J connectivity index is 1.32. The summed E-state index contributed by atoms with van der Waals surface area (Å²) in [5, 5.41) is 34.9. The van der Waals surface area contributed by atoms with Crippen molar-refractivity contribution in [2.45, 2.75) is 110 Å². The van der Waals surface area contributed by atoms with Crippen LogP contribution in [0.15, 0.2) is 91.0 Å². The second-order valence-electron chi connectivity index (χ2n) is 16.4. The van der Waals surface area contributed by atoms with Gasteiger partial charge in [-0.3, -0.25) is 4.90 Å².